The van der Waals surface area contributed by atoms with Crippen LogP contribution in [0.4, 0.5) is 0 Å². The first kappa shape index (κ1) is 10.9. The van der Waals surface area contributed by atoms with Crippen molar-refractivity contribution < 1.29 is 9.90 Å². The normalized spacial score (nSPS) is 11.4. The Balaban J connectivity index is 2.88. The van der Waals surface area contributed by atoms with E-state index >= 15 is 0 Å². The Morgan fingerprint density at radius 1 is 1.43 bits per heavy atom. The minimum atomic E-state index is -0.860. The van der Waals surface area contributed by atoms with E-state index in [1.54, 1.807) is 6.08 Å². The van der Waals surface area contributed by atoms with E-state index in [-0.39, 0.29) is 0 Å². The quantitative estimate of drug-likeness (QED) is 0.773. The number of carboxylic acids is 1. The molecular formula is C11H12O2S. The van der Waals surface area contributed by atoms with Crippen molar-refractivity contribution in [2.45, 2.75) is 6.92 Å². The number of carboxylic acid groups (broad SMARTS) is 1. The maximum atomic E-state index is 10.8. The lowest BCUT2D eigenvalue weighted by atomic mass is 10.2. The van der Waals surface area contributed by atoms with Gasteiger partial charge in [-0.25, -0.2) is 4.79 Å². The number of hydrogen-bond acceptors (Lipinski definition) is 2. The Morgan fingerprint density at radius 3 is 2.57 bits per heavy atom. The molecule has 74 valence electrons. The molecule has 0 fully saturated rings. The topological polar surface area (TPSA) is 37.3 Å². The largest absolute Gasteiger partial charge is 0.477 e. The fourth-order valence-corrected chi connectivity index (χ4v) is 1.68. The van der Waals surface area contributed by atoms with Crippen molar-refractivity contribution >= 4 is 23.8 Å². The zero-order valence-corrected chi connectivity index (χ0v) is 8.75. The van der Waals surface area contributed by atoms with Crippen molar-refractivity contribution in [2.75, 3.05) is 5.75 Å². The van der Waals surface area contributed by atoms with E-state index in [4.69, 9.17) is 5.11 Å². The molecule has 0 amide bonds. The van der Waals surface area contributed by atoms with Gasteiger partial charge >= 0.3 is 5.97 Å². The predicted molar refractivity (Wildman–Crippen MR) is 60.2 cm³/mol. The van der Waals surface area contributed by atoms with E-state index in [0.717, 1.165) is 11.3 Å². The molecule has 1 rings (SSSR count). The summed E-state index contributed by atoms with van der Waals surface area (Å²) >= 11 is 1.34. The van der Waals surface area contributed by atoms with Gasteiger partial charge in [-0.1, -0.05) is 37.3 Å². The summed E-state index contributed by atoms with van der Waals surface area (Å²) in [6.45, 7) is 1.94. The lowest BCUT2D eigenvalue weighted by molar-refractivity contribution is -0.131. The molecule has 0 aromatic heterocycles. The predicted octanol–water partition coefficient (Wildman–Crippen LogP) is 2.87. The van der Waals surface area contributed by atoms with Gasteiger partial charge in [-0.05, 0) is 17.4 Å². The maximum Gasteiger partial charge on any atom is 0.342 e. The van der Waals surface area contributed by atoms with Crippen molar-refractivity contribution in [3.8, 4) is 0 Å². The molecule has 0 spiro atoms. The van der Waals surface area contributed by atoms with Gasteiger partial charge in [0, 0.05) is 0 Å². The molecule has 0 bridgehead atoms. The van der Waals surface area contributed by atoms with Gasteiger partial charge in [0.1, 0.15) is 0 Å². The third-order valence-corrected chi connectivity index (χ3v) is 2.50. The third kappa shape index (κ3) is 3.26. The smallest absolute Gasteiger partial charge is 0.342 e. The van der Waals surface area contributed by atoms with Crippen LogP contribution in [0, 0.1) is 0 Å². The van der Waals surface area contributed by atoms with Gasteiger partial charge in [-0.3, -0.25) is 0 Å². The molecule has 2 nitrogen and oxygen atoms in total. The molecule has 0 radical (unpaired) electrons. The fourth-order valence-electron chi connectivity index (χ4n) is 1.02. The summed E-state index contributed by atoms with van der Waals surface area (Å²) in [6.07, 6.45) is 1.69. The summed E-state index contributed by atoms with van der Waals surface area (Å²) in [5.74, 6) is -0.0916. The summed E-state index contributed by atoms with van der Waals surface area (Å²) in [5, 5.41) is 8.88. The van der Waals surface area contributed by atoms with Crippen LogP contribution in [0.1, 0.15) is 12.5 Å². The Morgan fingerprint density at radius 2 is 2.07 bits per heavy atom. The SMILES string of the molecule is CCS/C(=C\c1ccccc1)C(=O)O. The second-order valence-electron chi connectivity index (χ2n) is 2.66. The number of thioether (sulfide) groups is 1. The van der Waals surface area contributed by atoms with Crippen LogP contribution in [0.15, 0.2) is 35.2 Å². The first-order valence-corrected chi connectivity index (χ1v) is 5.35. The Labute approximate surface area is 87.6 Å². The van der Waals surface area contributed by atoms with Gasteiger partial charge in [0.25, 0.3) is 0 Å². The second kappa shape index (κ2) is 5.50. The van der Waals surface area contributed by atoms with Crippen LogP contribution in [0.3, 0.4) is 0 Å². The molecule has 0 aliphatic carbocycles. The number of rotatable bonds is 4. The molecule has 0 saturated heterocycles. The monoisotopic (exact) mass is 208 g/mol. The van der Waals surface area contributed by atoms with E-state index in [2.05, 4.69) is 0 Å². The summed E-state index contributed by atoms with van der Waals surface area (Å²) in [4.78, 5) is 11.2. The Kier molecular flexibility index (Phi) is 4.26. The highest BCUT2D eigenvalue weighted by atomic mass is 32.2. The first-order valence-electron chi connectivity index (χ1n) is 4.37. The highest BCUT2D eigenvalue weighted by molar-refractivity contribution is 8.04. The molecule has 1 N–H and O–H groups in total. The van der Waals surface area contributed by atoms with Crippen LogP contribution < -0.4 is 0 Å². The highest BCUT2D eigenvalue weighted by Crippen LogP contribution is 2.18. The van der Waals surface area contributed by atoms with Crippen LogP contribution in [0.2, 0.25) is 0 Å². The lowest BCUT2D eigenvalue weighted by Gasteiger charge is -1.99. The van der Waals surface area contributed by atoms with Gasteiger partial charge in [-0.15, -0.1) is 11.8 Å². The average Bonchev–Trinajstić information content (AvgIpc) is 2.18. The molecule has 0 aliphatic rings. The van der Waals surface area contributed by atoms with E-state index in [0.29, 0.717) is 4.91 Å². The molecule has 0 heterocycles. The fraction of sp³-hybridized carbons (Fsp3) is 0.182. The average molecular weight is 208 g/mol. The Hall–Kier alpha value is -1.22. The lowest BCUT2D eigenvalue weighted by Crippen LogP contribution is -1.96. The van der Waals surface area contributed by atoms with Crippen LogP contribution >= 0.6 is 11.8 Å². The minimum absolute atomic E-state index is 0.388. The summed E-state index contributed by atoms with van der Waals surface area (Å²) in [6, 6.07) is 9.47. The molecule has 3 heteroatoms. The molecule has 0 aliphatic heterocycles. The molecule has 1 aromatic rings. The summed E-state index contributed by atoms with van der Waals surface area (Å²) < 4.78 is 0. The van der Waals surface area contributed by atoms with E-state index in [9.17, 15) is 4.79 Å². The Bertz CT molecular complexity index is 330. The van der Waals surface area contributed by atoms with E-state index in [1.165, 1.54) is 11.8 Å². The third-order valence-electron chi connectivity index (χ3n) is 1.61. The van der Waals surface area contributed by atoms with Crippen molar-refractivity contribution in [3.05, 3.63) is 40.8 Å². The summed E-state index contributed by atoms with van der Waals surface area (Å²) in [7, 11) is 0. The van der Waals surface area contributed by atoms with Crippen LogP contribution in [-0.2, 0) is 4.79 Å². The maximum absolute atomic E-state index is 10.8. The van der Waals surface area contributed by atoms with Gasteiger partial charge < -0.3 is 5.11 Å². The minimum Gasteiger partial charge on any atom is -0.477 e. The summed E-state index contributed by atoms with van der Waals surface area (Å²) in [5.41, 5.74) is 0.922. The number of hydrogen-bond donors (Lipinski definition) is 1. The standard InChI is InChI=1S/C11H12O2S/c1-2-14-10(11(12)13)8-9-6-4-3-5-7-9/h3-8H,2H2,1H3,(H,12,13)/b10-8-. The zero-order valence-electron chi connectivity index (χ0n) is 7.93. The van der Waals surface area contributed by atoms with Crippen LogP contribution in [0.25, 0.3) is 6.08 Å². The van der Waals surface area contributed by atoms with Crippen molar-refractivity contribution in [1.82, 2.24) is 0 Å². The highest BCUT2D eigenvalue weighted by Gasteiger charge is 2.05. The molecular weight excluding hydrogens is 196 g/mol. The van der Waals surface area contributed by atoms with Crippen molar-refractivity contribution in [2.24, 2.45) is 0 Å². The van der Waals surface area contributed by atoms with Gasteiger partial charge in [0.2, 0.25) is 0 Å². The molecule has 0 unspecified atom stereocenters. The molecule has 0 saturated carbocycles. The number of carbonyl (C=O) groups is 1. The van der Waals surface area contributed by atoms with Crippen molar-refractivity contribution in [1.29, 1.82) is 0 Å². The zero-order chi connectivity index (χ0) is 10.4. The van der Waals surface area contributed by atoms with E-state index < -0.39 is 5.97 Å². The first-order chi connectivity index (χ1) is 6.74. The van der Waals surface area contributed by atoms with E-state index in [1.807, 2.05) is 37.3 Å². The van der Waals surface area contributed by atoms with Gasteiger partial charge in [0.05, 0.1) is 4.91 Å². The molecule has 1 aromatic carbocycles. The van der Waals surface area contributed by atoms with Crippen LogP contribution in [-0.4, -0.2) is 16.8 Å². The second-order valence-corrected chi connectivity index (χ2v) is 3.96. The number of aliphatic carboxylic acids is 1. The number of benzene rings is 1. The van der Waals surface area contributed by atoms with Crippen LogP contribution in [0.5, 0.6) is 0 Å². The van der Waals surface area contributed by atoms with Crippen molar-refractivity contribution in [3.63, 3.8) is 0 Å². The van der Waals surface area contributed by atoms with Gasteiger partial charge in [0.15, 0.2) is 0 Å². The molecule has 14 heavy (non-hydrogen) atoms. The molecule has 0 atom stereocenters. The van der Waals surface area contributed by atoms with Gasteiger partial charge in [-0.2, -0.15) is 0 Å².